The normalized spacial score (nSPS) is 18.4. The summed E-state index contributed by atoms with van der Waals surface area (Å²) in [6, 6.07) is 6.89. The van der Waals surface area contributed by atoms with Crippen LogP contribution in [-0.2, 0) is 18.1 Å². The van der Waals surface area contributed by atoms with E-state index in [1.165, 1.54) is 18.4 Å². The Morgan fingerprint density at radius 2 is 1.97 bits per heavy atom. The Bertz CT molecular complexity index is 822. The summed E-state index contributed by atoms with van der Waals surface area (Å²) in [5.41, 5.74) is 0.786. The lowest BCUT2D eigenvalue weighted by molar-refractivity contribution is 0.0671. The molecule has 0 spiro atoms. The Hall–Kier alpha value is -2.41. The number of halogens is 1. The van der Waals surface area contributed by atoms with Gasteiger partial charge in [0, 0.05) is 37.3 Å². The van der Waals surface area contributed by atoms with Gasteiger partial charge in [0.1, 0.15) is 11.4 Å². The lowest BCUT2D eigenvalue weighted by Gasteiger charge is -2.31. The van der Waals surface area contributed by atoms with Crippen LogP contribution in [0.25, 0.3) is 0 Å². The first-order chi connectivity index (χ1) is 13.8. The summed E-state index contributed by atoms with van der Waals surface area (Å²) in [7, 11) is 1.82. The van der Waals surface area contributed by atoms with Crippen LogP contribution in [-0.4, -0.2) is 40.5 Å². The number of aliphatic imine (C=N–C) groups is 1. The molecule has 1 fully saturated rings. The number of benzene rings is 1. The molecule has 7 heteroatoms. The minimum absolute atomic E-state index is 0.0181. The van der Waals surface area contributed by atoms with Crippen LogP contribution in [0.15, 0.2) is 41.7 Å². The van der Waals surface area contributed by atoms with Crippen LogP contribution in [0.4, 0.5) is 4.39 Å². The number of nitrogens with one attached hydrogen (secondary N) is 2. The molecule has 1 aliphatic rings. The molecule has 1 saturated carbocycles. The summed E-state index contributed by atoms with van der Waals surface area (Å²) < 4.78 is 15.1. The predicted molar refractivity (Wildman–Crippen MR) is 113 cm³/mol. The molecule has 3 rings (SSSR count). The third-order valence-electron chi connectivity index (χ3n) is 5.83. The maximum atomic E-state index is 13.4. The summed E-state index contributed by atoms with van der Waals surface area (Å²) in [5.74, 6) is 0.465. The van der Waals surface area contributed by atoms with Gasteiger partial charge in [0.2, 0.25) is 0 Å². The van der Waals surface area contributed by atoms with Gasteiger partial charge in [-0.3, -0.25) is 4.68 Å². The van der Waals surface area contributed by atoms with E-state index in [0.29, 0.717) is 5.96 Å². The molecule has 2 aromatic rings. The van der Waals surface area contributed by atoms with Crippen LogP contribution in [0.1, 0.15) is 50.7 Å². The van der Waals surface area contributed by atoms with E-state index >= 15 is 0 Å². The highest BCUT2D eigenvalue weighted by molar-refractivity contribution is 5.80. The average Bonchev–Trinajstić information content (AvgIpc) is 3.35. The smallest absolute Gasteiger partial charge is 0.191 e. The number of aromatic nitrogens is 2. The van der Waals surface area contributed by atoms with Gasteiger partial charge in [-0.2, -0.15) is 5.10 Å². The third-order valence-corrected chi connectivity index (χ3v) is 5.83. The number of guanidine groups is 1. The summed E-state index contributed by atoms with van der Waals surface area (Å²) in [6.07, 6.45) is 7.94. The molecule has 158 valence electrons. The molecule has 0 saturated heterocycles. The van der Waals surface area contributed by atoms with Crippen LogP contribution in [0, 0.1) is 5.82 Å². The molecule has 0 amide bonds. The molecule has 1 atom stereocenters. The molecule has 3 N–H and O–H groups in total. The van der Waals surface area contributed by atoms with E-state index in [4.69, 9.17) is 0 Å². The van der Waals surface area contributed by atoms with Gasteiger partial charge >= 0.3 is 0 Å². The molecule has 1 aromatic carbocycles. The summed E-state index contributed by atoms with van der Waals surface area (Å²) in [5, 5.41) is 21.7. The number of aryl methyl sites for hydroxylation is 1. The van der Waals surface area contributed by atoms with E-state index < -0.39 is 5.60 Å². The third kappa shape index (κ3) is 5.15. The van der Waals surface area contributed by atoms with E-state index in [0.717, 1.165) is 31.5 Å². The largest absolute Gasteiger partial charge is 0.383 e. The standard InChI is InChI=1S/C22H32FN5O/c1-4-24-20(25-15-21(2,29)18-13-27-28(3)14-18)26-16-22(11-5-6-12-22)17-7-9-19(23)10-8-17/h7-10,13-14,29H,4-6,11-12,15-16H2,1-3H3,(H2,24,25,26). The van der Waals surface area contributed by atoms with Crippen molar-refractivity contribution in [3.63, 3.8) is 0 Å². The molecule has 29 heavy (non-hydrogen) atoms. The van der Waals surface area contributed by atoms with Crippen molar-refractivity contribution >= 4 is 5.96 Å². The number of nitrogens with zero attached hydrogens (tertiary/aromatic N) is 3. The van der Waals surface area contributed by atoms with E-state index in [1.807, 2.05) is 26.1 Å². The fourth-order valence-corrected chi connectivity index (χ4v) is 4.04. The SMILES string of the molecule is CCNC(=NCC(C)(O)c1cnn(C)c1)NCC1(c2ccc(F)cc2)CCCC1. The fourth-order valence-electron chi connectivity index (χ4n) is 4.04. The van der Waals surface area contributed by atoms with Crippen LogP contribution < -0.4 is 10.6 Å². The molecular formula is C22H32FN5O. The minimum atomic E-state index is -1.10. The summed E-state index contributed by atoms with van der Waals surface area (Å²) in [4.78, 5) is 4.62. The highest BCUT2D eigenvalue weighted by Crippen LogP contribution is 2.40. The Balaban J connectivity index is 1.72. The van der Waals surface area contributed by atoms with Crippen molar-refractivity contribution in [2.24, 2.45) is 12.0 Å². The van der Waals surface area contributed by atoms with Gasteiger partial charge in [-0.1, -0.05) is 25.0 Å². The maximum Gasteiger partial charge on any atom is 0.191 e. The van der Waals surface area contributed by atoms with Gasteiger partial charge in [-0.15, -0.1) is 0 Å². The topological polar surface area (TPSA) is 74.5 Å². The van der Waals surface area contributed by atoms with Crippen molar-refractivity contribution in [3.05, 3.63) is 53.6 Å². The monoisotopic (exact) mass is 401 g/mol. The van der Waals surface area contributed by atoms with Crippen LogP contribution in [0.2, 0.25) is 0 Å². The fraction of sp³-hybridized carbons (Fsp3) is 0.545. The lowest BCUT2D eigenvalue weighted by atomic mass is 9.79. The van der Waals surface area contributed by atoms with Gasteiger partial charge < -0.3 is 15.7 Å². The number of rotatable bonds is 7. The number of aliphatic hydroxyl groups is 1. The first-order valence-corrected chi connectivity index (χ1v) is 10.3. The molecule has 0 radical (unpaired) electrons. The number of hydrogen-bond donors (Lipinski definition) is 3. The zero-order valence-corrected chi connectivity index (χ0v) is 17.6. The Kier molecular flexibility index (Phi) is 6.57. The molecular weight excluding hydrogens is 369 g/mol. The predicted octanol–water partition coefficient (Wildman–Crippen LogP) is 2.83. The molecule has 1 unspecified atom stereocenters. The average molecular weight is 402 g/mol. The first kappa shape index (κ1) is 21.3. The van der Waals surface area contributed by atoms with E-state index in [-0.39, 0.29) is 17.8 Å². The van der Waals surface area contributed by atoms with Gasteiger partial charge in [-0.05, 0) is 44.4 Å². The van der Waals surface area contributed by atoms with Crippen molar-refractivity contribution in [1.29, 1.82) is 0 Å². The van der Waals surface area contributed by atoms with Gasteiger partial charge in [0.05, 0.1) is 12.7 Å². The van der Waals surface area contributed by atoms with Crippen molar-refractivity contribution in [2.75, 3.05) is 19.6 Å². The van der Waals surface area contributed by atoms with Crippen LogP contribution in [0.5, 0.6) is 0 Å². The van der Waals surface area contributed by atoms with Crippen molar-refractivity contribution in [2.45, 2.75) is 50.5 Å². The van der Waals surface area contributed by atoms with E-state index in [1.54, 1.807) is 36.1 Å². The molecule has 0 bridgehead atoms. The molecule has 0 aliphatic heterocycles. The summed E-state index contributed by atoms with van der Waals surface area (Å²) in [6.45, 7) is 5.43. The lowest BCUT2D eigenvalue weighted by Crippen LogP contribution is -2.45. The van der Waals surface area contributed by atoms with Gasteiger partial charge in [0.15, 0.2) is 5.96 Å². The highest BCUT2D eigenvalue weighted by Gasteiger charge is 2.35. The Morgan fingerprint density at radius 3 is 2.55 bits per heavy atom. The highest BCUT2D eigenvalue weighted by atomic mass is 19.1. The van der Waals surface area contributed by atoms with Gasteiger partial charge in [0.25, 0.3) is 0 Å². The van der Waals surface area contributed by atoms with E-state index in [9.17, 15) is 9.50 Å². The van der Waals surface area contributed by atoms with E-state index in [2.05, 4.69) is 20.7 Å². The quantitative estimate of drug-likeness (QED) is 0.493. The second-order valence-electron chi connectivity index (χ2n) is 8.22. The second-order valence-corrected chi connectivity index (χ2v) is 8.22. The molecule has 1 aromatic heterocycles. The Labute approximate surface area is 172 Å². The summed E-state index contributed by atoms with van der Waals surface area (Å²) >= 11 is 0. The van der Waals surface area contributed by atoms with Crippen molar-refractivity contribution < 1.29 is 9.50 Å². The second kappa shape index (κ2) is 8.95. The zero-order valence-electron chi connectivity index (χ0n) is 17.6. The first-order valence-electron chi connectivity index (χ1n) is 10.3. The molecule has 6 nitrogen and oxygen atoms in total. The van der Waals surface area contributed by atoms with Crippen LogP contribution >= 0.6 is 0 Å². The van der Waals surface area contributed by atoms with Crippen molar-refractivity contribution in [3.8, 4) is 0 Å². The number of hydrogen-bond acceptors (Lipinski definition) is 3. The molecule has 1 heterocycles. The Morgan fingerprint density at radius 1 is 1.28 bits per heavy atom. The van der Waals surface area contributed by atoms with Crippen molar-refractivity contribution in [1.82, 2.24) is 20.4 Å². The molecule has 1 aliphatic carbocycles. The van der Waals surface area contributed by atoms with Crippen LogP contribution in [0.3, 0.4) is 0 Å². The minimum Gasteiger partial charge on any atom is -0.383 e. The zero-order chi connectivity index (χ0) is 20.9. The van der Waals surface area contributed by atoms with Gasteiger partial charge in [-0.25, -0.2) is 9.38 Å². The maximum absolute atomic E-state index is 13.4.